The predicted molar refractivity (Wildman–Crippen MR) is 133 cm³/mol. The zero-order chi connectivity index (χ0) is 24.8. The van der Waals surface area contributed by atoms with Crippen LogP contribution in [0.1, 0.15) is 50.3 Å². The quantitative estimate of drug-likeness (QED) is 0.237. The van der Waals surface area contributed by atoms with Gasteiger partial charge in [0.2, 0.25) is 5.91 Å². The van der Waals surface area contributed by atoms with Gasteiger partial charge in [-0.1, -0.05) is 55.5 Å². The number of anilines is 1. The molecule has 184 valence electrons. The molecule has 0 aliphatic carbocycles. The lowest BCUT2D eigenvalue weighted by atomic mass is 9.99. The van der Waals surface area contributed by atoms with E-state index in [2.05, 4.69) is 29.5 Å². The molecular formula is C26H31N5O4. The van der Waals surface area contributed by atoms with Gasteiger partial charge in [-0.05, 0) is 47.2 Å². The number of amides is 1. The van der Waals surface area contributed by atoms with E-state index in [1.807, 2.05) is 53.4 Å². The number of ether oxygens (including phenoxy) is 2. The summed E-state index contributed by atoms with van der Waals surface area (Å²) in [5, 5.41) is 11.0. The van der Waals surface area contributed by atoms with Crippen LogP contribution in [0, 0.1) is 0 Å². The number of fused-ring (bicyclic) bond motifs is 1. The fourth-order valence-corrected chi connectivity index (χ4v) is 4.41. The summed E-state index contributed by atoms with van der Waals surface area (Å²) in [5.41, 5.74) is 5.32. The smallest absolute Gasteiger partial charge is 0.430 e. The van der Waals surface area contributed by atoms with Crippen LogP contribution < -0.4 is 11.2 Å². The molecule has 1 amide bonds. The van der Waals surface area contributed by atoms with E-state index in [9.17, 15) is 9.59 Å². The minimum atomic E-state index is -0.640. The molecule has 4 rings (SSSR count). The first-order chi connectivity index (χ1) is 17.0. The Kier molecular flexibility index (Phi) is 7.64. The number of cyclic esters (lactones) is 2. The fourth-order valence-electron chi connectivity index (χ4n) is 4.41. The van der Waals surface area contributed by atoms with Crippen molar-refractivity contribution in [2.45, 2.75) is 45.4 Å². The van der Waals surface area contributed by atoms with Gasteiger partial charge in [0.05, 0.1) is 0 Å². The largest absolute Gasteiger partial charge is 0.509 e. The lowest BCUT2D eigenvalue weighted by molar-refractivity contribution is -0.127. The third-order valence-electron chi connectivity index (χ3n) is 6.08. The second-order valence-corrected chi connectivity index (χ2v) is 8.65. The third-order valence-corrected chi connectivity index (χ3v) is 6.08. The molecule has 2 unspecified atom stereocenters. The summed E-state index contributed by atoms with van der Waals surface area (Å²) < 4.78 is 10.0. The van der Waals surface area contributed by atoms with Crippen LogP contribution in [0.4, 0.5) is 10.5 Å². The van der Waals surface area contributed by atoms with Crippen LogP contribution in [0.2, 0.25) is 0 Å². The van der Waals surface area contributed by atoms with E-state index >= 15 is 0 Å². The normalized spacial score (nSPS) is 19.3. The van der Waals surface area contributed by atoms with Crippen molar-refractivity contribution in [3.8, 4) is 11.1 Å². The maximum Gasteiger partial charge on any atom is 0.509 e. The topological polar surface area (TPSA) is 119 Å². The molecule has 1 fully saturated rings. The molecule has 0 aromatic heterocycles. The number of rotatable bonds is 8. The van der Waals surface area contributed by atoms with E-state index in [-0.39, 0.29) is 18.6 Å². The van der Waals surface area contributed by atoms with E-state index in [1.54, 1.807) is 0 Å². The van der Waals surface area contributed by atoms with Gasteiger partial charge in [-0.25, -0.2) is 4.79 Å². The highest BCUT2D eigenvalue weighted by Crippen LogP contribution is 2.33. The Balaban J connectivity index is 1.62. The molecule has 0 bridgehead atoms. The number of hydrogen-bond donors (Lipinski definition) is 2. The molecule has 2 atom stereocenters. The Hall–Kier alpha value is -3.88. The van der Waals surface area contributed by atoms with Gasteiger partial charge in [0.25, 0.3) is 0 Å². The molecule has 3 N–H and O–H groups in total. The highest BCUT2D eigenvalue weighted by atomic mass is 16.8. The summed E-state index contributed by atoms with van der Waals surface area (Å²) in [6.45, 7) is 5.80. The van der Waals surface area contributed by atoms with Crippen molar-refractivity contribution in [3.63, 3.8) is 0 Å². The zero-order valence-corrected chi connectivity index (χ0v) is 20.1. The number of nitrogens with two attached hydrogens (primary N) is 1. The first kappa shape index (κ1) is 24.3. The van der Waals surface area contributed by atoms with Crippen LogP contribution >= 0.6 is 0 Å². The summed E-state index contributed by atoms with van der Waals surface area (Å²) in [7, 11) is 0. The summed E-state index contributed by atoms with van der Waals surface area (Å²) in [5.74, 6) is 5.39. The summed E-state index contributed by atoms with van der Waals surface area (Å²) in [4.78, 5) is 26.4. The minimum Gasteiger partial charge on any atom is -0.430 e. The average molecular weight is 478 g/mol. The van der Waals surface area contributed by atoms with Crippen molar-refractivity contribution < 1.29 is 19.1 Å². The molecular weight excluding hydrogens is 446 g/mol. The monoisotopic (exact) mass is 477 g/mol. The van der Waals surface area contributed by atoms with E-state index in [1.165, 1.54) is 0 Å². The van der Waals surface area contributed by atoms with Crippen LogP contribution in [0.25, 0.3) is 17.2 Å². The summed E-state index contributed by atoms with van der Waals surface area (Å²) >= 11 is 0. The fraction of sp³-hybridized carbons (Fsp3) is 0.385. The highest BCUT2D eigenvalue weighted by molar-refractivity contribution is 5.99. The lowest BCUT2D eigenvalue weighted by Crippen LogP contribution is -2.34. The van der Waals surface area contributed by atoms with E-state index in [0.717, 1.165) is 40.8 Å². The Morgan fingerprint density at radius 2 is 1.83 bits per heavy atom. The standard InChI is InChI=1S/C26H31N5O4/c1-3-11-31(12-4-2)25(32)21-13-20-10-9-19(14-22(20)28-24(15-21)29-30-27)17-5-7-18(8-6-17)23-16-34-26(33)35-23/h5-10,13-14,23-24,28H,3-4,11-12,15-16H2,1-2H3,(H2,27,29). The number of carbonyl (C=O) groups is 2. The Morgan fingerprint density at radius 1 is 1.11 bits per heavy atom. The van der Waals surface area contributed by atoms with Crippen LogP contribution in [0.5, 0.6) is 0 Å². The number of nitrogens with one attached hydrogen (secondary N) is 1. The highest BCUT2D eigenvalue weighted by Gasteiger charge is 2.27. The van der Waals surface area contributed by atoms with Crippen LogP contribution in [-0.2, 0) is 14.3 Å². The minimum absolute atomic E-state index is 0.0248. The Morgan fingerprint density at radius 3 is 2.46 bits per heavy atom. The molecule has 9 heteroatoms. The van der Waals surface area contributed by atoms with E-state index < -0.39 is 12.3 Å². The Labute approximate surface area is 205 Å². The number of nitrogens with zero attached hydrogens (tertiary/aromatic N) is 3. The van der Waals surface area contributed by atoms with Gasteiger partial charge in [-0.15, -0.1) is 5.11 Å². The molecule has 2 aromatic carbocycles. The maximum atomic E-state index is 13.3. The van der Waals surface area contributed by atoms with Crippen molar-refractivity contribution in [2.75, 3.05) is 25.0 Å². The number of benzene rings is 2. The molecule has 35 heavy (non-hydrogen) atoms. The van der Waals surface area contributed by atoms with E-state index in [4.69, 9.17) is 15.3 Å². The lowest BCUT2D eigenvalue weighted by Gasteiger charge is -2.23. The summed E-state index contributed by atoms with van der Waals surface area (Å²) in [6.07, 6.45) is 2.67. The van der Waals surface area contributed by atoms with Gasteiger partial charge in [0.1, 0.15) is 12.8 Å². The molecule has 2 heterocycles. The van der Waals surface area contributed by atoms with Gasteiger partial charge in [0, 0.05) is 30.8 Å². The number of carbonyl (C=O) groups excluding carboxylic acids is 2. The van der Waals surface area contributed by atoms with Gasteiger partial charge in [0.15, 0.2) is 6.10 Å². The molecule has 0 radical (unpaired) electrons. The van der Waals surface area contributed by atoms with Crippen molar-refractivity contribution in [1.82, 2.24) is 4.90 Å². The third kappa shape index (κ3) is 5.62. The van der Waals surface area contributed by atoms with Crippen molar-refractivity contribution in [1.29, 1.82) is 0 Å². The predicted octanol–water partition coefficient (Wildman–Crippen LogP) is 5.06. The first-order valence-electron chi connectivity index (χ1n) is 12.0. The second kappa shape index (κ2) is 11.0. The second-order valence-electron chi connectivity index (χ2n) is 8.65. The van der Waals surface area contributed by atoms with Crippen molar-refractivity contribution in [2.24, 2.45) is 16.2 Å². The van der Waals surface area contributed by atoms with Gasteiger partial charge >= 0.3 is 6.16 Å². The summed E-state index contributed by atoms with van der Waals surface area (Å²) in [6, 6.07) is 13.9. The Bertz CT molecular complexity index is 1120. The van der Waals surface area contributed by atoms with Crippen molar-refractivity contribution >= 4 is 23.8 Å². The average Bonchev–Trinajstić information content (AvgIpc) is 3.21. The first-order valence-corrected chi connectivity index (χ1v) is 12.0. The van der Waals surface area contributed by atoms with Gasteiger partial charge in [-0.2, -0.15) is 0 Å². The van der Waals surface area contributed by atoms with Crippen LogP contribution in [0.15, 0.2) is 58.4 Å². The van der Waals surface area contributed by atoms with Crippen molar-refractivity contribution in [3.05, 3.63) is 59.2 Å². The van der Waals surface area contributed by atoms with Crippen LogP contribution in [-0.4, -0.2) is 42.8 Å². The maximum absolute atomic E-state index is 13.3. The van der Waals surface area contributed by atoms with E-state index in [0.29, 0.717) is 25.1 Å². The van der Waals surface area contributed by atoms with Gasteiger partial charge in [-0.3, -0.25) is 4.79 Å². The molecule has 0 saturated carbocycles. The number of hydrogen-bond acceptors (Lipinski definition) is 7. The molecule has 1 saturated heterocycles. The van der Waals surface area contributed by atoms with Gasteiger partial charge < -0.3 is 25.5 Å². The molecule has 2 aliphatic rings. The zero-order valence-electron chi connectivity index (χ0n) is 20.1. The SMILES string of the molecule is CCCN(CCC)C(=O)C1=Cc2ccc(-c3ccc(C4COC(=O)O4)cc3)cc2NC(N=NN)C1. The molecule has 2 aliphatic heterocycles. The molecule has 9 nitrogen and oxygen atoms in total. The molecule has 0 spiro atoms. The van der Waals surface area contributed by atoms with Crippen LogP contribution in [0.3, 0.4) is 0 Å². The molecule has 2 aromatic rings.